The van der Waals surface area contributed by atoms with E-state index in [2.05, 4.69) is 43.4 Å². The van der Waals surface area contributed by atoms with Crippen molar-refractivity contribution in [2.75, 3.05) is 6.54 Å². The van der Waals surface area contributed by atoms with Crippen molar-refractivity contribution in [2.24, 2.45) is 4.99 Å². The Bertz CT molecular complexity index is 277. The third-order valence-electron chi connectivity index (χ3n) is 1.11. The van der Waals surface area contributed by atoms with E-state index in [-0.39, 0.29) is 0 Å². The third kappa shape index (κ3) is 2.93. The zero-order valence-electron chi connectivity index (χ0n) is 5.70. The summed E-state index contributed by atoms with van der Waals surface area (Å²) in [6, 6.07) is 0. The Kier molecular flexibility index (Phi) is 3.42. The van der Waals surface area contributed by atoms with Crippen LogP contribution in [0.1, 0.15) is 0 Å². The predicted octanol–water partition coefficient (Wildman–Crippen LogP) is 1.75. The van der Waals surface area contributed by atoms with Gasteiger partial charge < -0.3 is 0 Å². The van der Waals surface area contributed by atoms with E-state index < -0.39 is 0 Å². The van der Waals surface area contributed by atoms with Gasteiger partial charge in [-0.2, -0.15) is 5.10 Å². The summed E-state index contributed by atoms with van der Waals surface area (Å²) in [5, 5.41) is 6.34. The first-order valence-corrected chi connectivity index (χ1v) is 4.24. The van der Waals surface area contributed by atoms with E-state index in [1.54, 1.807) is 10.9 Å². The molecule has 0 aliphatic rings. The van der Waals surface area contributed by atoms with Crippen molar-refractivity contribution < 1.29 is 0 Å². The van der Waals surface area contributed by atoms with Crippen LogP contribution in [0.3, 0.4) is 0 Å². The van der Waals surface area contributed by atoms with Crippen LogP contribution in [0.5, 0.6) is 0 Å². The quantitative estimate of drug-likeness (QED) is 0.587. The predicted molar refractivity (Wildman–Crippen MR) is 49.8 cm³/mol. The molecule has 1 heterocycles. The molecule has 0 saturated heterocycles. The highest BCUT2D eigenvalue weighted by molar-refractivity contribution is 9.10. The van der Waals surface area contributed by atoms with Crippen molar-refractivity contribution in [2.45, 2.75) is 6.54 Å². The van der Waals surface area contributed by atoms with Crippen molar-refractivity contribution in [3.05, 3.63) is 16.9 Å². The fourth-order valence-corrected chi connectivity index (χ4v) is 1.08. The van der Waals surface area contributed by atoms with Gasteiger partial charge in [0.2, 0.25) is 0 Å². The van der Waals surface area contributed by atoms with E-state index in [1.165, 1.54) is 0 Å². The largest absolute Gasteiger partial charge is 0.270 e. The molecule has 0 amide bonds. The molecule has 1 aromatic rings. The highest BCUT2D eigenvalue weighted by Crippen LogP contribution is 2.05. The van der Waals surface area contributed by atoms with Crippen LogP contribution >= 0.6 is 28.1 Å². The molecule has 3 nitrogen and oxygen atoms in total. The summed E-state index contributed by atoms with van der Waals surface area (Å²) in [6.45, 7) is 1.38. The Morgan fingerprint density at radius 3 is 3.18 bits per heavy atom. The van der Waals surface area contributed by atoms with E-state index in [1.807, 2.05) is 6.20 Å². The molecule has 1 rings (SSSR count). The van der Waals surface area contributed by atoms with Crippen LogP contribution < -0.4 is 0 Å². The van der Waals surface area contributed by atoms with E-state index in [0.29, 0.717) is 6.54 Å². The second-order valence-electron chi connectivity index (χ2n) is 1.89. The van der Waals surface area contributed by atoms with Crippen molar-refractivity contribution in [3.63, 3.8) is 0 Å². The first-order valence-electron chi connectivity index (χ1n) is 3.04. The summed E-state index contributed by atoms with van der Waals surface area (Å²) in [4.78, 5) is 3.77. The van der Waals surface area contributed by atoms with Gasteiger partial charge in [-0.1, -0.05) is 0 Å². The van der Waals surface area contributed by atoms with Crippen LogP contribution in [0.2, 0.25) is 0 Å². The van der Waals surface area contributed by atoms with Gasteiger partial charge in [-0.15, -0.1) is 0 Å². The molecule has 58 valence electrons. The van der Waals surface area contributed by atoms with Crippen LogP contribution in [-0.4, -0.2) is 21.5 Å². The zero-order valence-corrected chi connectivity index (χ0v) is 8.10. The van der Waals surface area contributed by atoms with Gasteiger partial charge in [0, 0.05) is 6.20 Å². The molecule has 0 unspecified atom stereocenters. The number of halogens is 1. The molecule has 5 heteroatoms. The van der Waals surface area contributed by atoms with Gasteiger partial charge in [-0.25, -0.2) is 4.99 Å². The third-order valence-corrected chi connectivity index (χ3v) is 1.65. The molecule has 0 spiro atoms. The van der Waals surface area contributed by atoms with E-state index in [9.17, 15) is 0 Å². The number of thiocarbonyl (C=S) groups is 1. The van der Waals surface area contributed by atoms with Gasteiger partial charge in [0.1, 0.15) is 0 Å². The van der Waals surface area contributed by atoms with Gasteiger partial charge in [-0.05, 0) is 28.1 Å². The molecule has 0 radical (unpaired) electrons. The minimum atomic E-state index is 0.637. The minimum absolute atomic E-state index is 0.637. The Morgan fingerprint density at radius 2 is 2.64 bits per heavy atom. The smallest absolute Gasteiger partial charge is 0.0689 e. The summed E-state index contributed by atoms with van der Waals surface area (Å²) in [7, 11) is 0. The van der Waals surface area contributed by atoms with Crippen LogP contribution in [0.25, 0.3) is 0 Å². The van der Waals surface area contributed by atoms with E-state index in [0.717, 1.165) is 11.0 Å². The molecule has 0 aliphatic heterocycles. The maximum atomic E-state index is 4.42. The summed E-state index contributed by atoms with van der Waals surface area (Å²) in [6.07, 6.45) is 3.63. The van der Waals surface area contributed by atoms with Gasteiger partial charge in [0.25, 0.3) is 0 Å². The average Bonchev–Trinajstić information content (AvgIpc) is 2.37. The normalized spacial score (nSPS) is 9.18. The molecule has 0 aliphatic carbocycles. The molecule has 1 aromatic heterocycles. The number of hydrogen-bond acceptors (Lipinski definition) is 3. The molecule has 0 atom stereocenters. The maximum Gasteiger partial charge on any atom is 0.0689 e. The van der Waals surface area contributed by atoms with Crippen LogP contribution in [0, 0.1) is 0 Å². The summed E-state index contributed by atoms with van der Waals surface area (Å²) in [5.74, 6) is 0. The van der Waals surface area contributed by atoms with Crippen LogP contribution in [0.15, 0.2) is 21.9 Å². The van der Waals surface area contributed by atoms with Crippen LogP contribution in [-0.2, 0) is 6.54 Å². The van der Waals surface area contributed by atoms with Gasteiger partial charge in [-0.3, -0.25) is 4.68 Å². The summed E-state index contributed by atoms with van der Waals surface area (Å²) in [5.41, 5.74) is 0. The second-order valence-corrected chi connectivity index (χ2v) is 2.99. The highest BCUT2D eigenvalue weighted by Gasteiger charge is 1.91. The topological polar surface area (TPSA) is 30.2 Å². The van der Waals surface area contributed by atoms with Crippen molar-refractivity contribution in [3.8, 4) is 0 Å². The lowest BCUT2D eigenvalue weighted by Crippen LogP contribution is -2.00. The molecule has 11 heavy (non-hydrogen) atoms. The zero-order chi connectivity index (χ0) is 8.10. The Labute approximate surface area is 78.3 Å². The first-order chi connectivity index (χ1) is 5.33. The van der Waals surface area contributed by atoms with Crippen molar-refractivity contribution in [1.82, 2.24) is 9.78 Å². The molecule has 0 fully saturated rings. The monoisotopic (exact) mass is 231 g/mol. The summed E-state index contributed by atoms with van der Waals surface area (Å²) >= 11 is 7.71. The number of rotatable bonds is 3. The number of aliphatic imine (C=N–C) groups is 1. The number of nitrogens with zero attached hydrogens (tertiary/aromatic N) is 3. The van der Waals surface area contributed by atoms with Crippen molar-refractivity contribution in [1.29, 1.82) is 0 Å². The lowest BCUT2D eigenvalue weighted by atomic mass is 10.6. The SMILES string of the molecule is S=C=NCCn1cc(Br)cn1. The number of isothiocyanates is 1. The molecular formula is C6H6BrN3S. The Morgan fingerprint density at radius 1 is 1.82 bits per heavy atom. The van der Waals surface area contributed by atoms with Gasteiger partial charge in [0.05, 0.1) is 28.9 Å². The van der Waals surface area contributed by atoms with Crippen molar-refractivity contribution >= 4 is 33.3 Å². The molecule has 0 bridgehead atoms. The van der Waals surface area contributed by atoms with E-state index in [4.69, 9.17) is 0 Å². The lowest BCUT2D eigenvalue weighted by molar-refractivity contribution is 0.627. The van der Waals surface area contributed by atoms with Gasteiger partial charge in [0.15, 0.2) is 0 Å². The Balaban J connectivity index is 2.44. The highest BCUT2D eigenvalue weighted by atomic mass is 79.9. The lowest BCUT2D eigenvalue weighted by Gasteiger charge is -1.93. The summed E-state index contributed by atoms with van der Waals surface area (Å²) < 4.78 is 2.77. The molecule has 0 saturated carbocycles. The number of aromatic nitrogens is 2. The maximum absolute atomic E-state index is 4.42. The first kappa shape index (κ1) is 8.59. The fourth-order valence-electron chi connectivity index (χ4n) is 0.659. The van der Waals surface area contributed by atoms with E-state index >= 15 is 0 Å². The van der Waals surface area contributed by atoms with Gasteiger partial charge >= 0.3 is 0 Å². The average molecular weight is 232 g/mol. The standard InChI is InChI=1S/C6H6BrN3S/c7-6-3-9-10(4-6)2-1-8-5-11/h3-4H,1-2H2. The number of hydrogen-bond donors (Lipinski definition) is 0. The molecule has 0 aromatic carbocycles. The Hall–Kier alpha value is -0.510. The minimum Gasteiger partial charge on any atom is -0.270 e. The van der Waals surface area contributed by atoms with Crippen LogP contribution in [0.4, 0.5) is 0 Å². The fraction of sp³-hybridized carbons (Fsp3) is 0.333. The second kappa shape index (κ2) is 4.38. The molecule has 0 N–H and O–H groups in total. The molecular weight excluding hydrogens is 226 g/mol.